The Morgan fingerprint density at radius 3 is 3.05 bits per heavy atom. The van der Waals surface area contributed by atoms with E-state index in [4.69, 9.17) is 4.42 Å². The van der Waals surface area contributed by atoms with Crippen molar-refractivity contribution in [3.05, 3.63) is 45.5 Å². The Balaban J connectivity index is 2.11. The van der Waals surface area contributed by atoms with E-state index in [9.17, 15) is 14.7 Å². The molecule has 0 saturated heterocycles. The number of carboxylic acids is 1. The monoisotopic (exact) mass is 335 g/mol. The third kappa shape index (κ3) is 2.93. The van der Waals surface area contributed by atoms with Gasteiger partial charge in [-0.15, -0.1) is 11.3 Å². The van der Waals surface area contributed by atoms with Gasteiger partial charge in [0, 0.05) is 10.6 Å². The first-order valence-corrected chi connectivity index (χ1v) is 8.21. The summed E-state index contributed by atoms with van der Waals surface area (Å²) in [7, 11) is 0. The lowest BCUT2D eigenvalue weighted by molar-refractivity contribution is -0.301. The second-order valence-electron chi connectivity index (χ2n) is 4.60. The van der Waals surface area contributed by atoms with Crippen LogP contribution in [0.15, 0.2) is 38.8 Å². The molecule has 0 radical (unpaired) electrons. The molecule has 0 bridgehead atoms. The van der Waals surface area contributed by atoms with Crippen molar-refractivity contribution in [1.82, 2.24) is 9.55 Å². The number of nitrogens with zero attached hydrogens (tertiary/aromatic N) is 2. The molecule has 6 nitrogen and oxygen atoms in total. The molecule has 0 fully saturated rings. The Bertz CT molecular complexity index is 880. The van der Waals surface area contributed by atoms with Gasteiger partial charge in [0.25, 0.3) is 5.56 Å². The second-order valence-corrected chi connectivity index (χ2v) is 6.78. The molecule has 3 aromatic heterocycles. The Labute approximate surface area is 133 Å². The molecule has 114 valence electrons. The fourth-order valence-electron chi connectivity index (χ4n) is 2.05. The Morgan fingerprint density at radius 1 is 1.55 bits per heavy atom. The van der Waals surface area contributed by atoms with Crippen LogP contribution in [0.25, 0.3) is 10.2 Å². The minimum atomic E-state index is -1.20. The van der Waals surface area contributed by atoms with Crippen LogP contribution in [0.1, 0.15) is 10.6 Å². The van der Waals surface area contributed by atoms with Gasteiger partial charge >= 0.3 is 0 Å². The number of thiophene rings is 1. The summed E-state index contributed by atoms with van der Waals surface area (Å²) in [4.78, 5) is 29.3. The highest BCUT2D eigenvalue weighted by Crippen LogP contribution is 2.24. The predicted octanol–water partition coefficient (Wildman–Crippen LogP) is 1.25. The van der Waals surface area contributed by atoms with Gasteiger partial charge in [-0.1, -0.05) is 11.8 Å². The van der Waals surface area contributed by atoms with E-state index in [1.54, 1.807) is 18.2 Å². The highest BCUT2D eigenvalue weighted by atomic mass is 32.2. The van der Waals surface area contributed by atoms with E-state index >= 15 is 0 Å². The average molecular weight is 335 g/mol. The summed E-state index contributed by atoms with van der Waals surface area (Å²) in [5.74, 6) is -0.864. The normalized spacial score (nSPS) is 11.1. The molecule has 0 N–H and O–H groups in total. The molecule has 0 aliphatic carbocycles. The van der Waals surface area contributed by atoms with Gasteiger partial charge in [-0.05, 0) is 25.1 Å². The van der Waals surface area contributed by atoms with Crippen molar-refractivity contribution in [1.29, 1.82) is 0 Å². The number of furan rings is 1. The van der Waals surface area contributed by atoms with Crippen LogP contribution >= 0.6 is 23.1 Å². The summed E-state index contributed by atoms with van der Waals surface area (Å²) in [6.07, 6.45) is 1.52. The molecule has 0 spiro atoms. The smallest absolute Gasteiger partial charge is 0.263 e. The molecule has 0 saturated carbocycles. The highest BCUT2D eigenvalue weighted by Gasteiger charge is 2.15. The summed E-state index contributed by atoms with van der Waals surface area (Å²) in [5.41, 5.74) is -0.202. The van der Waals surface area contributed by atoms with Gasteiger partial charge in [-0.3, -0.25) is 9.36 Å². The van der Waals surface area contributed by atoms with Crippen LogP contribution in [-0.4, -0.2) is 21.3 Å². The van der Waals surface area contributed by atoms with Crippen LogP contribution in [0, 0.1) is 6.92 Å². The van der Waals surface area contributed by atoms with Gasteiger partial charge in [0.1, 0.15) is 10.6 Å². The molecule has 0 aliphatic heterocycles. The van der Waals surface area contributed by atoms with Gasteiger partial charge in [-0.2, -0.15) is 0 Å². The molecule has 3 heterocycles. The number of aromatic nitrogens is 2. The minimum Gasteiger partial charge on any atom is -0.549 e. The maximum atomic E-state index is 12.6. The second kappa shape index (κ2) is 5.98. The van der Waals surface area contributed by atoms with Crippen molar-refractivity contribution >= 4 is 39.3 Å². The van der Waals surface area contributed by atoms with Gasteiger partial charge < -0.3 is 14.3 Å². The van der Waals surface area contributed by atoms with Crippen molar-refractivity contribution < 1.29 is 14.3 Å². The fraction of sp³-hybridized carbons (Fsp3) is 0.214. The molecule has 8 heteroatoms. The van der Waals surface area contributed by atoms with Gasteiger partial charge in [0.2, 0.25) is 0 Å². The lowest BCUT2D eigenvalue weighted by Gasteiger charge is -2.10. The number of aryl methyl sites for hydroxylation is 1. The molecular weight excluding hydrogens is 324 g/mol. The molecule has 0 amide bonds. The van der Waals surface area contributed by atoms with Crippen molar-refractivity contribution in [2.24, 2.45) is 0 Å². The largest absolute Gasteiger partial charge is 0.549 e. The Morgan fingerprint density at radius 2 is 2.36 bits per heavy atom. The molecule has 22 heavy (non-hydrogen) atoms. The Kier molecular flexibility index (Phi) is 4.04. The fourth-order valence-corrected chi connectivity index (χ4v) is 3.68. The molecule has 0 unspecified atom stereocenters. The van der Waals surface area contributed by atoms with Gasteiger partial charge in [-0.25, -0.2) is 4.98 Å². The third-order valence-corrected chi connectivity index (χ3v) is 4.85. The molecule has 3 rings (SSSR count). The van der Waals surface area contributed by atoms with E-state index in [-0.39, 0.29) is 17.9 Å². The SMILES string of the molecule is Cc1cc2c(=O)n(Cc3ccco3)c(SCC(=O)[O-])nc2s1. The zero-order chi connectivity index (χ0) is 15.7. The number of aliphatic carboxylic acids is 1. The van der Waals surface area contributed by atoms with E-state index in [0.717, 1.165) is 16.6 Å². The summed E-state index contributed by atoms with van der Waals surface area (Å²) >= 11 is 2.38. The molecule has 0 aliphatic rings. The summed E-state index contributed by atoms with van der Waals surface area (Å²) in [6, 6.07) is 5.28. The standard InChI is InChI=1S/C14H12N2O4S2/c1-8-5-10-12(22-8)15-14(21-7-11(17)18)16(13(10)19)6-9-3-2-4-20-9/h2-5H,6-7H2,1H3,(H,17,18)/p-1. The lowest BCUT2D eigenvalue weighted by atomic mass is 10.3. The number of carbonyl (C=O) groups is 1. The van der Waals surface area contributed by atoms with Crippen molar-refractivity contribution in [3.63, 3.8) is 0 Å². The summed E-state index contributed by atoms with van der Waals surface area (Å²) in [6.45, 7) is 2.11. The Hall–Kier alpha value is -2.06. The maximum absolute atomic E-state index is 12.6. The van der Waals surface area contributed by atoms with Crippen molar-refractivity contribution in [2.45, 2.75) is 18.6 Å². The lowest BCUT2D eigenvalue weighted by Crippen LogP contribution is -2.27. The number of rotatable bonds is 5. The summed E-state index contributed by atoms with van der Waals surface area (Å²) in [5, 5.41) is 11.6. The summed E-state index contributed by atoms with van der Waals surface area (Å²) < 4.78 is 6.70. The van der Waals surface area contributed by atoms with Crippen molar-refractivity contribution in [2.75, 3.05) is 5.75 Å². The highest BCUT2D eigenvalue weighted by molar-refractivity contribution is 7.99. The molecule has 0 aromatic carbocycles. The number of carboxylic acid groups (broad SMARTS) is 1. The van der Waals surface area contributed by atoms with E-state index < -0.39 is 5.97 Å². The first-order chi connectivity index (χ1) is 10.5. The van der Waals surface area contributed by atoms with E-state index in [1.165, 1.54) is 22.2 Å². The number of hydrogen-bond acceptors (Lipinski definition) is 7. The maximum Gasteiger partial charge on any atom is 0.263 e. The zero-order valence-electron chi connectivity index (χ0n) is 11.6. The average Bonchev–Trinajstić information content (AvgIpc) is 3.09. The van der Waals surface area contributed by atoms with E-state index in [2.05, 4.69) is 4.98 Å². The first-order valence-electron chi connectivity index (χ1n) is 6.40. The number of hydrogen-bond donors (Lipinski definition) is 0. The number of thioether (sulfide) groups is 1. The van der Waals surface area contributed by atoms with Crippen molar-refractivity contribution in [3.8, 4) is 0 Å². The van der Waals surface area contributed by atoms with E-state index in [1.807, 2.05) is 6.92 Å². The molecular formula is C14H11N2O4S2-. The van der Waals surface area contributed by atoms with Crippen LogP contribution in [0.3, 0.4) is 0 Å². The van der Waals surface area contributed by atoms with Crippen LogP contribution in [-0.2, 0) is 11.3 Å². The first kappa shape index (κ1) is 14.9. The predicted molar refractivity (Wildman–Crippen MR) is 82.2 cm³/mol. The minimum absolute atomic E-state index is 0.202. The number of carbonyl (C=O) groups excluding carboxylic acids is 1. The topological polar surface area (TPSA) is 88.2 Å². The van der Waals surface area contributed by atoms with Gasteiger partial charge in [0.15, 0.2) is 5.16 Å². The molecule has 0 atom stereocenters. The van der Waals surface area contributed by atoms with Crippen LogP contribution in [0.5, 0.6) is 0 Å². The van der Waals surface area contributed by atoms with Gasteiger partial charge in [0.05, 0.1) is 24.2 Å². The molecule has 3 aromatic rings. The van der Waals surface area contributed by atoms with Crippen LogP contribution in [0.4, 0.5) is 0 Å². The van der Waals surface area contributed by atoms with E-state index in [0.29, 0.717) is 21.1 Å². The third-order valence-electron chi connectivity index (χ3n) is 2.95. The zero-order valence-corrected chi connectivity index (χ0v) is 13.2. The van der Waals surface area contributed by atoms with Crippen LogP contribution < -0.4 is 10.7 Å². The quantitative estimate of drug-likeness (QED) is 0.515. The van der Waals surface area contributed by atoms with Crippen LogP contribution in [0.2, 0.25) is 0 Å². The number of fused-ring (bicyclic) bond motifs is 1.